The lowest BCUT2D eigenvalue weighted by atomic mass is 10.1. The number of rotatable bonds is 6. The van der Waals surface area contributed by atoms with Crippen LogP contribution in [0.4, 0.5) is 4.39 Å². The van der Waals surface area contributed by atoms with E-state index in [1.54, 1.807) is 12.1 Å². The summed E-state index contributed by atoms with van der Waals surface area (Å²) in [4.78, 5) is 24.6. The molecule has 1 aromatic heterocycles. The fourth-order valence-electron chi connectivity index (χ4n) is 3.53. The van der Waals surface area contributed by atoms with Gasteiger partial charge in [-0.15, -0.1) is 0 Å². The molecule has 1 aliphatic carbocycles. The first-order valence-electron chi connectivity index (χ1n) is 9.94. The van der Waals surface area contributed by atoms with Crippen molar-refractivity contribution in [3.05, 3.63) is 70.8 Å². The van der Waals surface area contributed by atoms with Crippen LogP contribution < -0.4 is 0 Å². The van der Waals surface area contributed by atoms with Crippen LogP contribution in [0.15, 0.2) is 42.5 Å². The second-order valence-corrected chi connectivity index (χ2v) is 7.32. The van der Waals surface area contributed by atoms with Crippen LogP contribution in [0.2, 0.25) is 0 Å². The number of hydrogen-bond donors (Lipinski definition) is 0. The van der Waals surface area contributed by atoms with Crippen molar-refractivity contribution in [1.82, 2.24) is 14.9 Å². The van der Waals surface area contributed by atoms with Gasteiger partial charge in [0.15, 0.2) is 0 Å². The van der Waals surface area contributed by atoms with Crippen molar-refractivity contribution in [3.63, 3.8) is 0 Å². The van der Waals surface area contributed by atoms with Crippen molar-refractivity contribution in [2.24, 2.45) is 0 Å². The van der Waals surface area contributed by atoms with Crippen LogP contribution >= 0.6 is 0 Å². The zero-order valence-electron chi connectivity index (χ0n) is 16.3. The SMILES string of the molecule is CCc1nc2ccc(C(=O)N(Cc3ccc(F)cc3)C3CC3)cc2nc1CC. The van der Waals surface area contributed by atoms with Crippen LogP contribution in [0.25, 0.3) is 11.0 Å². The minimum absolute atomic E-state index is 0.00635. The molecule has 0 aliphatic heterocycles. The van der Waals surface area contributed by atoms with Crippen LogP contribution in [-0.2, 0) is 19.4 Å². The molecule has 4 rings (SSSR count). The van der Waals surface area contributed by atoms with Crippen LogP contribution in [0.1, 0.15) is 54.0 Å². The Balaban J connectivity index is 1.64. The standard InChI is InChI=1S/C23H24FN3O/c1-3-19-20(4-2)26-22-13-16(7-12-21(22)25-19)23(28)27(18-10-11-18)14-15-5-8-17(24)9-6-15/h5-9,12-13,18H,3-4,10-11,14H2,1-2H3. The van der Waals surface area contributed by atoms with Crippen molar-refractivity contribution in [1.29, 1.82) is 0 Å². The molecule has 0 spiro atoms. The second-order valence-electron chi connectivity index (χ2n) is 7.32. The van der Waals surface area contributed by atoms with Gasteiger partial charge in [-0.2, -0.15) is 0 Å². The maximum atomic E-state index is 13.2. The van der Waals surface area contributed by atoms with Gasteiger partial charge >= 0.3 is 0 Å². The number of hydrogen-bond acceptors (Lipinski definition) is 3. The molecule has 144 valence electrons. The summed E-state index contributed by atoms with van der Waals surface area (Å²) in [5, 5.41) is 0. The van der Waals surface area contributed by atoms with E-state index in [1.165, 1.54) is 12.1 Å². The fourth-order valence-corrected chi connectivity index (χ4v) is 3.53. The maximum Gasteiger partial charge on any atom is 0.254 e. The Bertz CT molecular complexity index is 1010. The highest BCUT2D eigenvalue weighted by molar-refractivity contribution is 5.97. The number of aryl methyl sites for hydroxylation is 2. The first kappa shape index (κ1) is 18.5. The predicted octanol–water partition coefficient (Wildman–Crippen LogP) is 4.70. The number of carbonyl (C=O) groups is 1. The molecule has 2 aromatic carbocycles. The van der Waals surface area contributed by atoms with Gasteiger partial charge < -0.3 is 4.90 Å². The lowest BCUT2D eigenvalue weighted by Crippen LogP contribution is -2.32. The molecular weight excluding hydrogens is 353 g/mol. The summed E-state index contributed by atoms with van der Waals surface area (Å²) >= 11 is 0. The summed E-state index contributed by atoms with van der Waals surface area (Å²) in [6.45, 7) is 4.64. The lowest BCUT2D eigenvalue weighted by molar-refractivity contribution is 0.0730. The Morgan fingerprint density at radius 1 is 1.00 bits per heavy atom. The first-order chi connectivity index (χ1) is 13.6. The molecular formula is C23H24FN3O. The van der Waals surface area contributed by atoms with E-state index in [9.17, 15) is 9.18 Å². The zero-order chi connectivity index (χ0) is 19.7. The highest BCUT2D eigenvalue weighted by Crippen LogP contribution is 2.30. The molecule has 28 heavy (non-hydrogen) atoms. The molecule has 0 bridgehead atoms. The van der Waals surface area contributed by atoms with Gasteiger partial charge in [0, 0.05) is 18.2 Å². The highest BCUT2D eigenvalue weighted by Gasteiger charge is 2.33. The van der Waals surface area contributed by atoms with Crippen LogP contribution in [0.3, 0.4) is 0 Å². The van der Waals surface area contributed by atoms with Crippen LogP contribution in [0, 0.1) is 5.82 Å². The number of nitrogens with zero attached hydrogens (tertiary/aromatic N) is 3. The summed E-state index contributed by atoms with van der Waals surface area (Å²) in [5.41, 5.74) is 5.15. The molecule has 1 aliphatic rings. The minimum Gasteiger partial charge on any atom is -0.331 e. The van der Waals surface area contributed by atoms with E-state index >= 15 is 0 Å². The van der Waals surface area contributed by atoms with E-state index in [2.05, 4.69) is 13.8 Å². The van der Waals surface area contributed by atoms with E-state index in [1.807, 2.05) is 23.1 Å². The third-order valence-corrected chi connectivity index (χ3v) is 5.25. The molecule has 0 atom stereocenters. The molecule has 0 N–H and O–H groups in total. The first-order valence-corrected chi connectivity index (χ1v) is 9.94. The predicted molar refractivity (Wildman–Crippen MR) is 108 cm³/mol. The monoisotopic (exact) mass is 377 g/mol. The Morgan fingerprint density at radius 2 is 1.64 bits per heavy atom. The van der Waals surface area contributed by atoms with Gasteiger partial charge in [0.05, 0.1) is 22.4 Å². The Kier molecular flexibility index (Phi) is 5.07. The minimum atomic E-state index is -0.265. The van der Waals surface area contributed by atoms with Gasteiger partial charge in [0.1, 0.15) is 5.82 Å². The number of amides is 1. The van der Waals surface area contributed by atoms with Gasteiger partial charge in [0.25, 0.3) is 5.91 Å². The van der Waals surface area contributed by atoms with E-state index in [4.69, 9.17) is 9.97 Å². The van der Waals surface area contributed by atoms with Crippen LogP contribution in [-0.4, -0.2) is 26.8 Å². The van der Waals surface area contributed by atoms with Gasteiger partial charge in [0.2, 0.25) is 0 Å². The van der Waals surface area contributed by atoms with Crippen LogP contribution in [0.5, 0.6) is 0 Å². The second kappa shape index (κ2) is 7.66. The normalized spacial score (nSPS) is 13.7. The van der Waals surface area contributed by atoms with Gasteiger partial charge in [-0.3, -0.25) is 4.79 Å². The van der Waals surface area contributed by atoms with Gasteiger partial charge in [-0.1, -0.05) is 26.0 Å². The van der Waals surface area contributed by atoms with Crippen molar-refractivity contribution in [2.75, 3.05) is 0 Å². The number of benzene rings is 2. The Labute approximate surface area is 164 Å². The molecule has 4 nitrogen and oxygen atoms in total. The topological polar surface area (TPSA) is 46.1 Å². The quantitative estimate of drug-likeness (QED) is 0.626. The fraction of sp³-hybridized carbons (Fsp3) is 0.348. The lowest BCUT2D eigenvalue weighted by Gasteiger charge is -2.23. The van der Waals surface area contributed by atoms with Gasteiger partial charge in [-0.05, 0) is 61.6 Å². The number of fused-ring (bicyclic) bond motifs is 1. The third kappa shape index (κ3) is 3.75. The van der Waals surface area contributed by atoms with Crippen molar-refractivity contribution >= 4 is 16.9 Å². The van der Waals surface area contributed by atoms with E-state index in [0.717, 1.165) is 53.7 Å². The molecule has 1 saturated carbocycles. The number of halogens is 1. The molecule has 0 radical (unpaired) electrons. The van der Waals surface area contributed by atoms with Crippen molar-refractivity contribution in [3.8, 4) is 0 Å². The molecule has 1 amide bonds. The Morgan fingerprint density at radius 3 is 2.25 bits per heavy atom. The molecule has 5 heteroatoms. The Hall–Kier alpha value is -2.82. The van der Waals surface area contributed by atoms with Gasteiger partial charge in [-0.25, -0.2) is 14.4 Å². The zero-order valence-corrected chi connectivity index (χ0v) is 16.3. The van der Waals surface area contributed by atoms with Crippen molar-refractivity contribution < 1.29 is 9.18 Å². The summed E-state index contributed by atoms with van der Waals surface area (Å²) in [7, 11) is 0. The summed E-state index contributed by atoms with van der Waals surface area (Å²) in [6.07, 6.45) is 3.70. The third-order valence-electron chi connectivity index (χ3n) is 5.25. The molecule has 0 saturated heterocycles. The molecule has 1 fully saturated rings. The highest BCUT2D eigenvalue weighted by atomic mass is 19.1. The molecule has 1 heterocycles. The molecule has 3 aromatic rings. The average Bonchev–Trinajstić information content (AvgIpc) is 3.56. The summed E-state index contributed by atoms with van der Waals surface area (Å²) in [5.74, 6) is -0.271. The number of aromatic nitrogens is 2. The van der Waals surface area contributed by atoms with E-state index < -0.39 is 0 Å². The number of carbonyl (C=O) groups excluding carboxylic acids is 1. The van der Waals surface area contributed by atoms with E-state index in [-0.39, 0.29) is 17.8 Å². The smallest absolute Gasteiger partial charge is 0.254 e. The van der Waals surface area contributed by atoms with E-state index in [0.29, 0.717) is 12.1 Å². The average molecular weight is 377 g/mol. The largest absolute Gasteiger partial charge is 0.331 e. The molecule has 0 unspecified atom stereocenters. The maximum absolute atomic E-state index is 13.2. The summed E-state index contributed by atoms with van der Waals surface area (Å²) in [6, 6.07) is 12.2. The van der Waals surface area contributed by atoms with Crippen molar-refractivity contribution in [2.45, 2.75) is 52.1 Å². The summed E-state index contributed by atoms with van der Waals surface area (Å²) < 4.78 is 13.2.